The molecule has 19 heavy (non-hydrogen) atoms. The van der Waals surface area contributed by atoms with E-state index in [1.54, 1.807) is 21.1 Å². The molecule has 0 spiro atoms. The summed E-state index contributed by atoms with van der Waals surface area (Å²) in [6.45, 7) is 5.91. The quantitative estimate of drug-likeness (QED) is 0.606. The molecular weight excluding hydrogens is 244 g/mol. The molecule has 0 saturated heterocycles. The van der Waals surface area contributed by atoms with Crippen molar-refractivity contribution in [3.05, 3.63) is 29.3 Å². The van der Waals surface area contributed by atoms with Crippen LogP contribution < -0.4 is 9.47 Å². The summed E-state index contributed by atoms with van der Waals surface area (Å²) < 4.78 is 15.5. The van der Waals surface area contributed by atoms with Gasteiger partial charge >= 0.3 is 5.97 Å². The molecule has 0 atom stereocenters. The SMILES string of the molecule is CCOC(=O)/C=C(/C)c1cc(OC)c(C)cc1OC. The molecule has 1 rings (SSSR count). The van der Waals surface area contributed by atoms with Gasteiger partial charge in [-0.1, -0.05) is 0 Å². The Morgan fingerprint density at radius 3 is 2.37 bits per heavy atom. The summed E-state index contributed by atoms with van der Waals surface area (Å²) in [7, 11) is 3.21. The third kappa shape index (κ3) is 3.74. The van der Waals surface area contributed by atoms with Crippen molar-refractivity contribution in [2.75, 3.05) is 20.8 Å². The van der Waals surface area contributed by atoms with Gasteiger partial charge in [0.25, 0.3) is 0 Å². The van der Waals surface area contributed by atoms with Gasteiger partial charge in [-0.15, -0.1) is 0 Å². The van der Waals surface area contributed by atoms with Gasteiger partial charge in [0.1, 0.15) is 11.5 Å². The van der Waals surface area contributed by atoms with Crippen molar-refractivity contribution in [3.63, 3.8) is 0 Å². The number of allylic oxidation sites excluding steroid dienone is 1. The monoisotopic (exact) mass is 264 g/mol. The Kier molecular flexibility index (Phi) is 5.42. The lowest BCUT2D eigenvalue weighted by molar-refractivity contribution is -0.137. The Labute approximate surface area is 114 Å². The van der Waals surface area contributed by atoms with Gasteiger partial charge in [0.15, 0.2) is 0 Å². The summed E-state index contributed by atoms with van der Waals surface area (Å²) in [5.74, 6) is 1.10. The second kappa shape index (κ2) is 6.83. The van der Waals surface area contributed by atoms with Crippen molar-refractivity contribution in [1.29, 1.82) is 0 Å². The lowest BCUT2D eigenvalue weighted by Gasteiger charge is -2.13. The number of carbonyl (C=O) groups excluding carboxylic acids is 1. The van der Waals surface area contributed by atoms with Crippen molar-refractivity contribution >= 4 is 11.5 Å². The van der Waals surface area contributed by atoms with Gasteiger partial charge < -0.3 is 14.2 Å². The molecular formula is C15H20O4. The number of methoxy groups -OCH3 is 2. The fraction of sp³-hybridized carbons (Fsp3) is 0.400. The highest BCUT2D eigenvalue weighted by atomic mass is 16.5. The zero-order valence-corrected chi connectivity index (χ0v) is 12.1. The Morgan fingerprint density at radius 2 is 1.84 bits per heavy atom. The number of ether oxygens (including phenoxy) is 3. The van der Waals surface area contributed by atoms with Crippen LogP contribution in [0.3, 0.4) is 0 Å². The van der Waals surface area contributed by atoms with Gasteiger partial charge in [0.2, 0.25) is 0 Å². The van der Waals surface area contributed by atoms with Crippen LogP contribution in [0.1, 0.15) is 25.0 Å². The first-order chi connectivity index (χ1) is 9.03. The molecule has 0 bridgehead atoms. The topological polar surface area (TPSA) is 44.8 Å². The lowest BCUT2D eigenvalue weighted by atomic mass is 10.0. The van der Waals surface area contributed by atoms with E-state index in [9.17, 15) is 4.79 Å². The molecule has 0 radical (unpaired) electrons. The van der Waals surface area contributed by atoms with Gasteiger partial charge in [-0.25, -0.2) is 4.79 Å². The van der Waals surface area contributed by atoms with Crippen LogP contribution >= 0.6 is 0 Å². The van der Waals surface area contributed by atoms with Gasteiger partial charge in [-0.2, -0.15) is 0 Å². The summed E-state index contributed by atoms with van der Waals surface area (Å²) in [6, 6.07) is 3.75. The smallest absolute Gasteiger partial charge is 0.331 e. The van der Waals surface area contributed by atoms with Crippen molar-refractivity contribution in [2.45, 2.75) is 20.8 Å². The Hall–Kier alpha value is -1.97. The van der Waals surface area contributed by atoms with Crippen LogP contribution in [-0.2, 0) is 9.53 Å². The van der Waals surface area contributed by atoms with E-state index < -0.39 is 0 Å². The fourth-order valence-corrected chi connectivity index (χ4v) is 1.80. The van der Waals surface area contributed by atoms with E-state index in [4.69, 9.17) is 14.2 Å². The summed E-state index contributed by atoms with van der Waals surface area (Å²) in [4.78, 5) is 11.5. The molecule has 0 aliphatic carbocycles. The molecule has 1 aromatic rings. The Balaban J connectivity index is 3.20. The van der Waals surface area contributed by atoms with Crippen LogP contribution in [0.15, 0.2) is 18.2 Å². The zero-order valence-electron chi connectivity index (χ0n) is 12.1. The molecule has 1 aromatic carbocycles. The number of carbonyl (C=O) groups is 1. The zero-order chi connectivity index (χ0) is 14.4. The minimum Gasteiger partial charge on any atom is -0.496 e. The number of esters is 1. The first-order valence-corrected chi connectivity index (χ1v) is 6.11. The largest absolute Gasteiger partial charge is 0.496 e. The molecule has 0 amide bonds. The highest BCUT2D eigenvalue weighted by Gasteiger charge is 2.11. The van der Waals surface area contributed by atoms with Gasteiger partial charge in [0.05, 0.1) is 20.8 Å². The molecule has 0 fully saturated rings. The number of hydrogen-bond acceptors (Lipinski definition) is 4. The summed E-state index contributed by atoms with van der Waals surface area (Å²) in [6.07, 6.45) is 1.45. The predicted octanol–water partition coefficient (Wildman–Crippen LogP) is 2.98. The molecule has 0 saturated carbocycles. The van der Waals surface area contributed by atoms with Crippen molar-refractivity contribution in [1.82, 2.24) is 0 Å². The minimum absolute atomic E-state index is 0.358. The van der Waals surface area contributed by atoms with Crippen molar-refractivity contribution in [2.24, 2.45) is 0 Å². The standard InChI is InChI=1S/C15H20O4/c1-6-19-15(16)8-10(2)12-9-13(17-4)11(3)7-14(12)18-5/h7-9H,6H2,1-5H3/b10-8-. The fourth-order valence-electron chi connectivity index (χ4n) is 1.80. The van der Waals surface area contributed by atoms with E-state index in [0.717, 1.165) is 22.4 Å². The molecule has 0 unspecified atom stereocenters. The molecule has 0 aliphatic rings. The predicted molar refractivity (Wildman–Crippen MR) is 74.6 cm³/mol. The van der Waals surface area contributed by atoms with E-state index in [-0.39, 0.29) is 5.97 Å². The molecule has 4 nitrogen and oxygen atoms in total. The van der Waals surface area contributed by atoms with Crippen LogP contribution in [0.25, 0.3) is 5.57 Å². The Bertz CT molecular complexity index is 489. The molecule has 0 aromatic heterocycles. The average molecular weight is 264 g/mol. The average Bonchev–Trinajstić information content (AvgIpc) is 2.38. The maximum absolute atomic E-state index is 11.5. The van der Waals surface area contributed by atoms with Crippen molar-refractivity contribution < 1.29 is 19.0 Å². The summed E-state index contributed by atoms with van der Waals surface area (Å²) >= 11 is 0. The maximum Gasteiger partial charge on any atom is 0.331 e. The van der Waals surface area contributed by atoms with E-state index >= 15 is 0 Å². The van der Waals surface area contributed by atoms with Crippen LogP contribution in [-0.4, -0.2) is 26.8 Å². The number of benzene rings is 1. The second-order valence-corrected chi connectivity index (χ2v) is 4.10. The molecule has 0 N–H and O–H groups in total. The lowest BCUT2D eigenvalue weighted by Crippen LogP contribution is -2.01. The third-order valence-corrected chi connectivity index (χ3v) is 2.76. The van der Waals surface area contributed by atoms with E-state index in [0.29, 0.717) is 12.4 Å². The van der Waals surface area contributed by atoms with Gasteiger partial charge in [-0.3, -0.25) is 0 Å². The number of aryl methyl sites for hydroxylation is 1. The third-order valence-electron chi connectivity index (χ3n) is 2.76. The molecule has 0 aliphatic heterocycles. The van der Waals surface area contributed by atoms with E-state index in [1.807, 2.05) is 26.0 Å². The van der Waals surface area contributed by atoms with Crippen LogP contribution in [0.4, 0.5) is 0 Å². The maximum atomic E-state index is 11.5. The molecule has 104 valence electrons. The second-order valence-electron chi connectivity index (χ2n) is 4.10. The Morgan fingerprint density at radius 1 is 1.21 bits per heavy atom. The summed E-state index contributed by atoms with van der Waals surface area (Å²) in [5.41, 5.74) is 2.57. The van der Waals surface area contributed by atoms with Gasteiger partial charge in [-0.05, 0) is 44.0 Å². The first kappa shape index (κ1) is 15.1. The van der Waals surface area contributed by atoms with Crippen LogP contribution in [0, 0.1) is 6.92 Å². The molecule has 4 heteroatoms. The van der Waals surface area contributed by atoms with Crippen molar-refractivity contribution in [3.8, 4) is 11.5 Å². The first-order valence-electron chi connectivity index (χ1n) is 6.11. The minimum atomic E-state index is -0.360. The highest BCUT2D eigenvalue weighted by Crippen LogP contribution is 2.32. The number of rotatable bonds is 5. The van der Waals surface area contributed by atoms with Gasteiger partial charge in [0, 0.05) is 11.6 Å². The number of hydrogen-bond donors (Lipinski definition) is 0. The van der Waals surface area contributed by atoms with Crippen LogP contribution in [0.5, 0.6) is 11.5 Å². The van der Waals surface area contributed by atoms with E-state index in [2.05, 4.69) is 0 Å². The normalized spacial score (nSPS) is 11.1. The summed E-state index contributed by atoms with van der Waals surface area (Å²) in [5, 5.41) is 0. The highest BCUT2D eigenvalue weighted by molar-refractivity contribution is 5.92. The van der Waals surface area contributed by atoms with E-state index in [1.165, 1.54) is 6.08 Å². The molecule has 0 heterocycles. The van der Waals surface area contributed by atoms with Crippen LogP contribution in [0.2, 0.25) is 0 Å².